The summed E-state index contributed by atoms with van der Waals surface area (Å²) >= 11 is 0. The Morgan fingerprint density at radius 1 is 1.10 bits per heavy atom. The van der Waals surface area contributed by atoms with Crippen LogP contribution in [-0.2, 0) is 0 Å². The van der Waals surface area contributed by atoms with Gasteiger partial charge in [0.1, 0.15) is 17.5 Å². The largest absolute Gasteiger partial charge is 0.370 e. The van der Waals surface area contributed by atoms with Gasteiger partial charge in [0.2, 0.25) is 0 Å². The van der Waals surface area contributed by atoms with Crippen molar-refractivity contribution in [3.05, 3.63) is 11.4 Å². The van der Waals surface area contributed by atoms with Crippen molar-refractivity contribution in [3.8, 4) is 0 Å². The van der Waals surface area contributed by atoms with Gasteiger partial charge >= 0.3 is 0 Å². The van der Waals surface area contributed by atoms with Crippen LogP contribution in [0.25, 0.3) is 0 Å². The van der Waals surface area contributed by atoms with Crippen molar-refractivity contribution in [2.45, 2.75) is 53.4 Å². The molecular weight excluding hydrogens is 248 g/mol. The molecule has 112 valence electrons. The lowest BCUT2D eigenvalue weighted by Gasteiger charge is -2.27. The van der Waals surface area contributed by atoms with Crippen LogP contribution in [0.3, 0.4) is 0 Å². The molecule has 1 aliphatic rings. The van der Waals surface area contributed by atoms with Crippen LogP contribution in [0.1, 0.15) is 50.9 Å². The van der Waals surface area contributed by atoms with E-state index in [9.17, 15) is 0 Å². The van der Waals surface area contributed by atoms with Gasteiger partial charge in [-0.15, -0.1) is 0 Å². The third-order valence-electron chi connectivity index (χ3n) is 4.21. The van der Waals surface area contributed by atoms with E-state index in [4.69, 9.17) is 0 Å². The Hall–Kier alpha value is -1.32. The van der Waals surface area contributed by atoms with Crippen molar-refractivity contribution >= 4 is 11.6 Å². The number of rotatable bonds is 5. The van der Waals surface area contributed by atoms with Crippen molar-refractivity contribution in [3.63, 3.8) is 0 Å². The molecule has 1 aromatic heterocycles. The van der Waals surface area contributed by atoms with Crippen molar-refractivity contribution < 1.29 is 0 Å². The predicted molar refractivity (Wildman–Crippen MR) is 85.3 cm³/mol. The molecule has 4 nitrogen and oxygen atoms in total. The van der Waals surface area contributed by atoms with Gasteiger partial charge in [-0.3, -0.25) is 0 Å². The number of nitrogens with zero attached hydrogens (tertiary/aromatic N) is 2. The van der Waals surface area contributed by atoms with E-state index in [0.29, 0.717) is 0 Å². The standard InChI is InChI=1S/C16H28N4/c1-5-17-15-12(3)16(20-13(4)19-15)18-10-14-8-6-7-11(2)9-14/h11,14H,5-10H2,1-4H3,(H2,17,18,19,20). The average Bonchev–Trinajstić information content (AvgIpc) is 2.41. The molecule has 1 heterocycles. The summed E-state index contributed by atoms with van der Waals surface area (Å²) in [4.78, 5) is 9.02. The van der Waals surface area contributed by atoms with E-state index >= 15 is 0 Å². The Kier molecular flexibility index (Phi) is 5.21. The van der Waals surface area contributed by atoms with Crippen LogP contribution < -0.4 is 10.6 Å². The summed E-state index contributed by atoms with van der Waals surface area (Å²) in [6, 6.07) is 0. The van der Waals surface area contributed by atoms with Crippen LogP contribution in [0.5, 0.6) is 0 Å². The summed E-state index contributed by atoms with van der Waals surface area (Å²) in [7, 11) is 0. The molecule has 2 N–H and O–H groups in total. The summed E-state index contributed by atoms with van der Waals surface area (Å²) in [5.74, 6) is 4.44. The third-order valence-corrected chi connectivity index (χ3v) is 4.21. The summed E-state index contributed by atoms with van der Waals surface area (Å²) in [5, 5.41) is 6.86. The molecule has 1 fully saturated rings. The number of aryl methyl sites for hydroxylation is 1. The fourth-order valence-electron chi connectivity index (χ4n) is 3.13. The summed E-state index contributed by atoms with van der Waals surface area (Å²) in [6.07, 6.45) is 5.46. The van der Waals surface area contributed by atoms with Gasteiger partial charge in [-0.2, -0.15) is 0 Å². The van der Waals surface area contributed by atoms with Gasteiger partial charge in [0.05, 0.1) is 0 Å². The number of anilines is 2. The highest BCUT2D eigenvalue weighted by molar-refractivity contribution is 5.57. The molecule has 0 radical (unpaired) electrons. The van der Waals surface area contributed by atoms with Crippen LogP contribution >= 0.6 is 0 Å². The van der Waals surface area contributed by atoms with E-state index in [0.717, 1.165) is 47.9 Å². The minimum Gasteiger partial charge on any atom is -0.370 e. The number of hydrogen-bond acceptors (Lipinski definition) is 4. The van der Waals surface area contributed by atoms with E-state index in [1.807, 2.05) is 6.92 Å². The normalized spacial score (nSPS) is 22.6. The lowest BCUT2D eigenvalue weighted by molar-refractivity contribution is 0.293. The SMILES string of the molecule is CCNc1nc(C)nc(NCC2CCCC(C)C2)c1C. The van der Waals surface area contributed by atoms with E-state index in [-0.39, 0.29) is 0 Å². The van der Waals surface area contributed by atoms with E-state index in [2.05, 4.69) is 41.4 Å². The lowest BCUT2D eigenvalue weighted by Crippen LogP contribution is -2.22. The third kappa shape index (κ3) is 3.84. The van der Waals surface area contributed by atoms with Crippen LogP contribution in [0.15, 0.2) is 0 Å². The van der Waals surface area contributed by atoms with Gasteiger partial charge in [-0.05, 0) is 45.4 Å². The van der Waals surface area contributed by atoms with Crippen molar-refractivity contribution in [1.82, 2.24) is 9.97 Å². The molecule has 0 aliphatic heterocycles. The molecule has 1 saturated carbocycles. The minimum absolute atomic E-state index is 0.788. The Morgan fingerprint density at radius 3 is 2.45 bits per heavy atom. The van der Waals surface area contributed by atoms with Crippen LogP contribution in [-0.4, -0.2) is 23.1 Å². The predicted octanol–water partition coefficient (Wildman–Crippen LogP) is 3.76. The van der Waals surface area contributed by atoms with Crippen molar-refractivity contribution in [1.29, 1.82) is 0 Å². The minimum atomic E-state index is 0.788. The number of aromatic nitrogens is 2. The molecule has 0 saturated heterocycles. The maximum Gasteiger partial charge on any atom is 0.134 e. The highest BCUT2D eigenvalue weighted by atomic mass is 15.1. The summed E-state index contributed by atoms with van der Waals surface area (Å²) in [6.45, 7) is 10.4. The second-order valence-electron chi connectivity index (χ2n) is 6.14. The zero-order valence-corrected chi connectivity index (χ0v) is 13.3. The molecule has 2 unspecified atom stereocenters. The monoisotopic (exact) mass is 276 g/mol. The van der Waals surface area contributed by atoms with Crippen molar-refractivity contribution in [2.75, 3.05) is 23.7 Å². The Bertz CT molecular complexity index is 444. The Labute approximate surface area is 122 Å². The lowest BCUT2D eigenvalue weighted by atomic mass is 9.82. The number of nitrogens with one attached hydrogen (secondary N) is 2. The maximum atomic E-state index is 4.56. The van der Waals surface area contributed by atoms with E-state index in [1.165, 1.54) is 25.7 Å². The molecule has 1 aromatic rings. The maximum absolute atomic E-state index is 4.56. The van der Waals surface area contributed by atoms with Gasteiger partial charge < -0.3 is 10.6 Å². The van der Waals surface area contributed by atoms with Gasteiger partial charge in [0, 0.05) is 18.7 Å². The first-order chi connectivity index (χ1) is 9.60. The zero-order chi connectivity index (χ0) is 14.5. The van der Waals surface area contributed by atoms with E-state index < -0.39 is 0 Å². The number of hydrogen-bond donors (Lipinski definition) is 2. The first-order valence-corrected chi connectivity index (χ1v) is 7.93. The van der Waals surface area contributed by atoms with E-state index in [1.54, 1.807) is 0 Å². The molecular formula is C16H28N4. The highest BCUT2D eigenvalue weighted by Gasteiger charge is 2.19. The first kappa shape index (κ1) is 15.1. The van der Waals surface area contributed by atoms with Gasteiger partial charge in [-0.1, -0.05) is 19.8 Å². The van der Waals surface area contributed by atoms with Crippen LogP contribution in [0, 0.1) is 25.7 Å². The quantitative estimate of drug-likeness (QED) is 0.859. The smallest absolute Gasteiger partial charge is 0.134 e. The van der Waals surface area contributed by atoms with Crippen molar-refractivity contribution in [2.24, 2.45) is 11.8 Å². The molecule has 1 aliphatic carbocycles. The molecule has 4 heteroatoms. The molecule has 0 spiro atoms. The molecule has 2 atom stereocenters. The second kappa shape index (κ2) is 6.91. The fourth-order valence-corrected chi connectivity index (χ4v) is 3.13. The molecule has 20 heavy (non-hydrogen) atoms. The topological polar surface area (TPSA) is 49.8 Å². The summed E-state index contributed by atoms with van der Waals surface area (Å²) < 4.78 is 0. The molecule has 0 amide bonds. The highest BCUT2D eigenvalue weighted by Crippen LogP contribution is 2.29. The average molecular weight is 276 g/mol. The van der Waals surface area contributed by atoms with Gasteiger partial charge in [0.15, 0.2) is 0 Å². The van der Waals surface area contributed by atoms with Crippen LogP contribution in [0.2, 0.25) is 0 Å². The Morgan fingerprint density at radius 2 is 1.80 bits per heavy atom. The van der Waals surface area contributed by atoms with Gasteiger partial charge in [-0.25, -0.2) is 9.97 Å². The van der Waals surface area contributed by atoms with Crippen LogP contribution in [0.4, 0.5) is 11.6 Å². The first-order valence-electron chi connectivity index (χ1n) is 7.93. The molecule has 0 aromatic carbocycles. The summed E-state index contributed by atoms with van der Waals surface area (Å²) in [5.41, 5.74) is 1.13. The molecule has 2 rings (SSSR count). The van der Waals surface area contributed by atoms with Gasteiger partial charge in [0.25, 0.3) is 0 Å². The fraction of sp³-hybridized carbons (Fsp3) is 0.750. The second-order valence-corrected chi connectivity index (χ2v) is 6.14. The Balaban J connectivity index is 2.01. The molecule has 0 bridgehead atoms. The zero-order valence-electron chi connectivity index (χ0n) is 13.3.